The molecule has 0 aliphatic carbocycles. The third kappa shape index (κ3) is 3.26. The van der Waals surface area contributed by atoms with Crippen molar-refractivity contribution in [2.45, 2.75) is 13.0 Å². The number of Topliss-reactive ketones (excluding diaryl/α,β-unsaturated/α-hetero) is 1. The summed E-state index contributed by atoms with van der Waals surface area (Å²) >= 11 is 0. The molecular weight excluding hydrogens is 267 g/mol. The summed E-state index contributed by atoms with van der Waals surface area (Å²) in [6.45, 7) is 1.78. The van der Waals surface area contributed by atoms with Crippen molar-refractivity contribution < 1.29 is 9.18 Å². The molecule has 0 spiro atoms. The minimum atomic E-state index is -0.413. The van der Waals surface area contributed by atoms with Gasteiger partial charge in [-0.2, -0.15) is 5.26 Å². The van der Waals surface area contributed by atoms with Crippen LogP contribution in [0.15, 0.2) is 48.5 Å². The first-order valence-electron chi connectivity index (χ1n) is 6.55. The van der Waals surface area contributed by atoms with E-state index in [2.05, 4.69) is 6.07 Å². The summed E-state index contributed by atoms with van der Waals surface area (Å²) < 4.78 is 12.9. The molecule has 0 radical (unpaired) electrons. The van der Waals surface area contributed by atoms with E-state index < -0.39 is 6.04 Å². The van der Waals surface area contributed by atoms with Gasteiger partial charge in [0.25, 0.3) is 0 Å². The highest BCUT2D eigenvalue weighted by Crippen LogP contribution is 2.19. The minimum Gasteiger partial charge on any atom is -0.364 e. The molecule has 106 valence electrons. The SMILES string of the molecule is CC(C(=O)c1ccc(F)cc1)N(C)c1cccc(C#N)c1. The molecule has 0 N–H and O–H groups in total. The average molecular weight is 282 g/mol. The smallest absolute Gasteiger partial charge is 0.184 e. The van der Waals surface area contributed by atoms with Crippen LogP contribution < -0.4 is 4.90 Å². The van der Waals surface area contributed by atoms with E-state index in [-0.39, 0.29) is 11.6 Å². The van der Waals surface area contributed by atoms with Crippen LogP contribution in [0.25, 0.3) is 0 Å². The maximum atomic E-state index is 12.9. The highest BCUT2D eigenvalue weighted by atomic mass is 19.1. The summed E-state index contributed by atoms with van der Waals surface area (Å²) in [4.78, 5) is 14.2. The lowest BCUT2D eigenvalue weighted by Crippen LogP contribution is -2.36. The van der Waals surface area contributed by atoms with Crippen LogP contribution in [0.5, 0.6) is 0 Å². The van der Waals surface area contributed by atoms with E-state index in [0.29, 0.717) is 11.1 Å². The zero-order valence-corrected chi connectivity index (χ0v) is 11.9. The second kappa shape index (κ2) is 6.19. The van der Waals surface area contributed by atoms with E-state index in [4.69, 9.17) is 5.26 Å². The summed E-state index contributed by atoms with van der Waals surface area (Å²) in [5.41, 5.74) is 1.80. The number of benzene rings is 2. The monoisotopic (exact) mass is 282 g/mol. The van der Waals surface area contributed by atoms with Crippen LogP contribution in [-0.4, -0.2) is 18.9 Å². The second-order valence-electron chi connectivity index (χ2n) is 4.82. The molecule has 0 saturated carbocycles. The number of ketones is 1. The van der Waals surface area contributed by atoms with Crippen LogP contribution in [0.3, 0.4) is 0 Å². The first-order valence-corrected chi connectivity index (χ1v) is 6.55. The van der Waals surface area contributed by atoms with E-state index in [0.717, 1.165) is 5.69 Å². The topological polar surface area (TPSA) is 44.1 Å². The van der Waals surface area contributed by atoms with Gasteiger partial charge in [-0.05, 0) is 49.4 Å². The summed E-state index contributed by atoms with van der Waals surface area (Å²) in [6.07, 6.45) is 0. The van der Waals surface area contributed by atoms with Gasteiger partial charge in [0.15, 0.2) is 5.78 Å². The lowest BCUT2D eigenvalue weighted by molar-refractivity contribution is 0.0966. The van der Waals surface area contributed by atoms with Crippen molar-refractivity contribution in [2.75, 3.05) is 11.9 Å². The molecule has 2 aromatic rings. The average Bonchev–Trinajstić information content (AvgIpc) is 2.53. The Hall–Kier alpha value is -2.67. The van der Waals surface area contributed by atoms with Crippen LogP contribution in [0.2, 0.25) is 0 Å². The van der Waals surface area contributed by atoms with Crippen molar-refractivity contribution in [3.05, 3.63) is 65.5 Å². The quantitative estimate of drug-likeness (QED) is 0.807. The number of likely N-dealkylation sites (N-methyl/N-ethyl adjacent to an activating group) is 1. The van der Waals surface area contributed by atoms with Crippen LogP contribution in [-0.2, 0) is 0 Å². The van der Waals surface area contributed by atoms with Gasteiger partial charge in [0, 0.05) is 18.3 Å². The van der Waals surface area contributed by atoms with Gasteiger partial charge in [-0.1, -0.05) is 6.07 Å². The van der Waals surface area contributed by atoms with Gasteiger partial charge in [-0.25, -0.2) is 4.39 Å². The standard InChI is InChI=1S/C17H15FN2O/c1-12(17(21)14-6-8-15(18)9-7-14)20(2)16-5-3-4-13(10-16)11-19/h3-10,12H,1-2H3. The number of hydrogen-bond donors (Lipinski definition) is 0. The van der Waals surface area contributed by atoms with Crippen molar-refractivity contribution in [2.24, 2.45) is 0 Å². The predicted molar refractivity (Wildman–Crippen MR) is 79.8 cm³/mol. The van der Waals surface area contributed by atoms with Crippen LogP contribution >= 0.6 is 0 Å². The third-order valence-electron chi connectivity index (χ3n) is 3.47. The highest BCUT2D eigenvalue weighted by Gasteiger charge is 2.20. The van der Waals surface area contributed by atoms with Crippen molar-refractivity contribution in [1.29, 1.82) is 5.26 Å². The fourth-order valence-corrected chi connectivity index (χ4v) is 2.05. The second-order valence-corrected chi connectivity index (χ2v) is 4.82. The van der Waals surface area contributed by atoms with Gasteiger partial charge in [0.1, 0.15) is 5.82 Å². The molecule has 0 heterocycles. The third-order valence-corrected chi connectivity index (χ3v) is 3.47. The maximum absolute atomic E-state index is 12.9. The summed E-state index contributed by atoms with van der Waals surface area (Å²) in [7, 11) is 1.79. The molecule has 0 aromatic heterocycles. The highest BCUT2D eigenvalue weighted by molar-refractivity contribution is 6.01. The number of carbonyl (C=O) groups is 1. The number of rotatable bonds is 4. The van der Waals surface area contributed by atoms with Gasteiger partial charge in [0.05, 0.1) is 17.7 Å². The number of hydrogen-bond acceptors (Lipinski definition) is 3. The molecule has 0 bridgehead atoms. The summed E-state index contributed by atoms with van der Waals surface area (Å²) in [5.74, 6) is -0.464. The van der Waals surface area contributed by atoms with Crippen molar-refractivity contribution in [1.82, 2.24) is 0 Å². The Balaban J connectivity index is 2.22. The molecule has 1 unspecified atom stereocenters. The molecule has 4 heteroatoms. The molecule has 2 rings (SSSR count). The zero-order valence-electron chi connectivity index (χ0n) is 11.9. The van der Waals surface area contributed by atoms with Crippen molar-refractivity contribution in [3.8, 4) is 6.07 Å². The Bertz CT molecular complexity index is 689. The van der Waals surface area contributed by atoms with Gasteiger partial charge in [0.2, 0.25) is 0 Å². The van der Waals surface area contributed by atoms with E-state index in [9.17, 15) is 9.18 Å². The van der Waals surface area contributed by atoms with E-state index in [1.165, 1.54) is 24.3 Å². The maximum Gasteiger partial charge on any atom is 0.184 e. The number of anilines is 1. The minimum absolute atomic E-state index is 0.0974. The molecule has 0 saturated heterocycles. The van der Waals surface area contributed by atoms with Gasteiger partial charge in [-0.15, -0.1) is 0 Å². The van der Waals surface area contributed by atoms with Gasteiger partial charge >= 0.3 is 0 Å². The molecular formula is C17H15FN2O. The van der Waals surface area contributed by atoms with Crippen molar-refractivity contribution in [3.63, 3.8) is 0 Å². The van der Waals surface area contributed by atoms with E-state index in [1.54, 1.807) is 37.1 Å². The van der Waals surface area contributed by atoms with Gasteiger partial charge in [-0.3, -0.25) is 4.79 Å². The number of nitrogens with zero attached hydrogens (tertiary/aromatic N) is 2. The molecule has 0 fully saturated rings. The van der Waals surface area contributed by atoms with Crippen LogP contribution in [0, 0.1) is 17.1 Å². The van der Waals surface area contributed by atoms with Crippen LogP contribution in [0.4, 0.5) is 10.1 Å². The lowest BCUT2D eigenvalue weighted by Gasteiger charge is -2.26. The number of nitriles is 1. The molecule has 2 aromatic carbocycles. The Morgan fingerprint density at radius 3 is 2.52 bits per heavy atom. The summed E-state index contributed by atoms with van der Waals surface area (Å²) in [5, 5.41) is 8.92. The Morgan fingerprint density at radius 1 is 1.24 bits per heavy atom. The molecule has 0 aliphatic rings. The van der Waals surface area contributed by atoms with E-state index >= 15 is 0 Å². The zero-order chi connectivity index (χ0) is 15.4. The molecule has 3 nitrogen and oxygen atoms in total. The Morgan fingerprint density at radius 2 is 1.90 bits per heavy atom. The lowest BCUT2D eigenvalue weighted by atomic mass is 10.0. The number of carbonyl (C=O) groups excluding carboxylic acids is 1. The Labute approximate surface area is 123 Å². The molecule has 1 atom stereocenters. The molecule has 0 aliphatic heterocycles. The Kier molecular flexibility index (Phi) is 4.34. The first-order chi connectivity index (χ1) is 10.0. The fourth-order valence-electron chi connectivity index (χ4n) is 2.05. The van der Waals surface area contributed by atoms with Crippen LogP contribution in [0.1, 0.15) is 22.8 Å². The fraction of sp³-hybridized carbons (Fsp3) is 0.176. The normalized spacial score (nSPS) is 11.5. The van der Waals surface area contributed by atoms with Gasteiger partial charge < -0.3 is 4.90 Å². The summed E-state index contributed by atoms with van der Waals surface area (Å²) in [6, 6.07) is 14.2. The first kappa shape index (κ1) is 14.7. The molecule has 0 amide bonds. The van der Waals surface area contributed by atoms with Crippen molar-refractivity contribution >= 4 is 11.5 Å². The molecule has 21 heavy (non-hydrogen) atoms. The van der Waals surface area contributed by atoms with E-state index in [1.807, 2.05) is 6.07 Å². The number of halogens is 1. The largest absolute Gasteiger partial charge is 0.364 e. The predicted octanol–water partition coefficient (Wildman–Crippen LogP) is 3.40.